The standard InChI is InChI=1S/C16H17ClN4O3S/c1-3-15-19-20(2)16(22)14-8-12(10-21(14)15)25(23,24)18-9-11-6-4-5-7-13(11)17/h4-8,10,18H,3,9H2,1-2H3. The molecule has 0 unspecified atom stereocenters. The number of halogens is 1. The average molecular weight is 381 g/mol. The Morgan fingerprint density at radius 3 is 2.68 bits per heavy atom. The van der Waals surface area contributed by atoms with Gasteiger partial charge in [0.1, 0.15) is 16.2 Å². The van der Waals surface area contributed by atoms with Crippen LogP contribution in [0.4, 0.5) is 0 Å². The van der Waals surface area contributed by atoms with Gasteiger partial charge in [-0.05, 0) is 17.7 Å². The second kappa shape index (κ2) is 6.62. The highest BCUT2D eigenvalue weighted by Gasteiger charge is 2.19. The van der Waals surface area contributed by atoms with E-state index in [0.29, 0.717) is 22.8 Å². The van der Waals surface area contributed by atoms with Crippen LogP contribution in [0, 0.1) is 0 Å². The molecule has 2 heterocycles. The smallest absolute Gasteiger partial charge is 0.290 e. The molecule has 132 valence electrons. The van der Waals surface area contributed by atoms with Crippen molar-refractivity contribution in [3.05, 3.63) is 63.3 Å². The second-order valence-electron chi connectivity index (χ2n) is 5.55. The van der Waals surface area contributed by atoms with Gasteiger partial charge in [-0.15, -0.1) is 0 Å². The number of nitrogens with zero attached hydrogens (tertiary/aromatic N) is 3. The fourth-order valence-electron chi connectivity index (χ4n) is 2.54. The third-order valence-corrected chi connectivity index (χ3v) is 5.63. The summed E-state index contributed by atoms with van der Waals surface area (Å²) >= 11 is 6.05. The lowest BCUT2D eigenvalue weighted by molar-refractivity contribution is 0.581. The van der Waals surface area contributed by atoms with E-state index in [1.54, 1.807) is 24.3 Å². The van der Waals surface area contributed by atoms with Gasteiger partial charge in [-0.3, -0.25) is 9.20 Å². The molecule has 0 amide bonds. The summed E-state index contributed by atoms with van der Waals surface area (Å²) < 4.78 is 30.4. The van der Waals surface area contributed by atoms with E-state index in [-0.39, 0.29) is 22.5 Å². The van der Waals surface area contributed by atoms with E-state index in [0.717, 1.165) is 0 Å². The van der Waals surface area contributed by atoms with Gasteiger partial charge in [0.05, 0.1) is 0 Å². The Morgan fingerprint density at radius 2 is 2.00 bits per heavy atom. The van der Waals surface area contributed by atoms with Gasteiger partial charge in [0.15, 0.2) is 0 Å². The average Bonchev–Trinajstić information content (AvgIpc) is 3.04. The third kappa shape index (κ3) is 3.33. The summed E-state index contributed by atoms with van der Waals surface area (Å²) in [6.07, 6.45) is 1.98. The first-order chi connectivity index (χ1) is 11.8. The second-order valence-corrected chi connectivity index (χ2v) is 7.72. The molecule has 0 aliphatic carbocycles. The number of rotatable bonds is 5. The molecule has 0 saturated carbocycles. The van der Waals surface area contributed by atoms with Crippen LogP contribution < -0.4 is 10.3 Å². The molecule has 9 heteroatoms. The molecule has 0 spiro atoms. The number of nitrogens with one attached hydrogen (secondary N) is 1. The molecule has 0 atom stereocenters. The molecule has 2 aromatic heterocycles. The molecule has 0 fully saturated rings. The first-order valence-electron chi connectivity index (χ1n) is 7.65. The van der Waals surface area contributed by atoms with Crippen molar-refractivity contribution >= 4 is 27.1 Å². The quantitative estimate of drug-likeness (QED) is 0.730. The zero-order chi connectivity index (χ0) is 18.2. The summed E-state index contributed by atoms with van der Waals surface area (Å²) in [6.45, 7) is 1.95. The SMILES string of the molecule is CCc1nn(C)c(=O)c2cc(S(=O)(=O)NCc3ccccc3Cl)cn12. The summed E-state index contributed by atoms with van der Waals surface area (Å²) in [7, 11) is -2.26. The Bertz CT molecular complexity index is 1100. The Labute approximate surface area is 149 Å². The van der Waals surface area contributed by atoms with Crippen molar-refractivity contribution in [2.24, 2.45) is 7.05 Å². The lowest BCUT2D eigenvalue weighted by atomic mass is 10.2. The monoisotopic (exact) mass is 380 g/mol. The first-order valence-corrected chi connectivity index (χ1v) is 9.51. The van der Waals surface area contributed by atoms with Crippen LogP contribution in [-0.4, -0.2) is 22.6 Å². The largest absolute Gasteiger partial charge is 0.297 e. The summed E-state index contributed by atoms with van der Waals surface area (Å²) in [4.78, 5) is 12.2. The third-order valence-electron chi connectivity index (χ3n) is 3.89. The van der Waals surface area contributed by atoms with Crippen molar-refractivity contribution in [3.63, 3.8) is 0 Å². The van der Waals surface area contributed by atoms with Crippen molar-refractivity contribution in [2.75, 3.05) is 0 Å². The lowest BCUT2D eigenvalue weighted by Gasteiger charge is -2.06. The maximum absolute atomic E-state index is 12.6. The van der Waals surface area contributed by atoms with Crippen molar-refractivity contribution in [1.82, 2.24) is 18.9 Å². The van der Waals surface area contributed by atoms with Crippen molar-refractivity contribution in [3.8, 4) is 0 Å². The zero-order valence-corrected chi connectivity index (χ0v) is 15.3. The number of fused-ring (bicyclic) bond motifs is 1. The fraction of sp³-hybridized carbons (Fsp3) is 0.250. The normalized spacial score (nSPS) is 12.0. The molecule has 0 bridgehead atoms. The van der Waals surface area contributed by atoms with E-state index in [1.807, 2.05) is 6.92 Å². The summed E-state index contributed by atoms with van der Waals surface area (Å²) in [5.74, 6) is 0.602. The van der Waals surface area contributed by atoms with Gasteiger partial charge in [0, 0.05) is 31.2 Å². The van der Waals surface area contributed by atoms with Gasteiger partial charge in [-0.25, -0.2) is 17.8 Å². The minimum absolute atomic E-state index is 0.0133. The van der Waals surface area contributed by atoms with Crippen LogP contribution in [-0.2, 0) is 30.0 Å². The van der Waals surface area contributed by atoms with Crippen LogP contribution in [0.3, 0.4) is 0 Å². The summed E-state index contributed by atoms with van der Waals surface area (Å²) in [5.41, 5.74) is 0.584. The van der Waals surface area contributed by atoms with Crippen LogP contribution in [0.15, 0.2) is 46.2 Å². The highest BCUT2D eigenvalue weighted by molar-refractivity contribution is 7.89. The maximum Gasteiger partial charge on any atom is 0.290 e. The number of hydrogen-bond donors (Lipinski definition) is 1. The lowest BCUT2D eigenvalue weighted by Crippen LogP contribution is -2.23. The van der Waals surface area contributed by atoms with E-state index in [2.05, 4.69) is 9.82 Å². The van der Waals surface area contributed by atoms with Crippen molar-refractivity contribution < 1.29 is 8.42 Å². The number of hydrogen-bond acceptors (Lipinski definition) is 4. The number of sulfonamides is 1. The molecule has 0 saturated heterocycles. The van der Waals surface area contributed by atoms with Gasteiger partial charge in [0.25, 0.3) is 5.56 Å². The summed E-state index contributed by atoms with van der Waals surface area (Å²) in [6, 6.07) is 8.36. The fourth-order valence-corrected chi connectivity index (χ4v) is 3.76. The van der Waals surface area contributed by atoms with E-state index in [4.69, 9.17) is 11.6 Å². The van der Waals surface area contributed by atoms with Crippen molar-refractivity contribution in [2.45, 2.75) is 24.8 Å². The van der Waals surface area contributed by atoms with Crippen LogP contribution in [0.5, 0.6) is 0 Å². The van der Waals surface area contributed by atoms with Gasteiger partial charge in [-0.1, -0.05) is 36.7 Å². The summed E-state index contributed by atoms with van der Waals surface area (Å²) in [5, 5.41) is 4.64. The molecule has 0 aliphatic rings. The Morgan fingerprint density at radius 1 is 1.28 bits per heavy atom. The maximum atomic E-state index is 12.6. The Balaban J connectivity index is 1.99. The zero-order valence-electron chi connectivity index (χ0n) is 13.7. The van der Waals surface area contributed by atoms with Gasteiger partial charge in [0.2, 0.25) is 10.0 Å². The number of aromatic nitrogens is 3. The van der Waals surface area contributed by atoms with E-state index in [1.165, 1.54) is 28.4 Å². The molecule has 0 radical (unpaired) electrons. The predicted molar refractivity (Wildman–Crippen MR) is 95.3 cm³/mol. The number of aryl methyl sites for hydroxylation is 2. The molecule has 0 aliphatic heterocycles. The van der Waals surface area contributed by atoms with Crippen LogP contribution in [0.25, 0.3) is 5.52 Å². The molecule has 3 aromatic rings. The highest BCUT2D eigenvalue weighted by atomic mass is 35.5. The topological polar surface area (TPSA) is 85.5 Å². The van der Waals surface area contributed by atoms with Gasteiger partial charge in [-0.2, -0.15) is 5.10 Å². The molecular weight excluding hydrogens is 364 g/mol. The molecule has 3 rings (SSSR count). The predicted octanol–water partition coefficient (Wildman–Crippen LogP) is 1.73. The van der Waals surface area contributed by atoms with Crippen LogP contribution >= 0.6 is 11.6 Å². The first kappa shape index (κ1) is 17.7. The van der Waals surface area contributed by atoms with Crippen LogP contribution in [0.2, 0.25) is 5.02 Å². The molecule has 1 N–H and O–H groups in total. The minimum Gasteiger partial charge on any atom is -0.297 e. The molecular formula is C16H17ClN4O3S. The highest BCUT2D eigenvalue weighted by Crippen LogP contribution is 2.17. The van der Waals surface area contributed by atoms with Crippen LogP contribution in [0.1, 0.15) is 18.3 Å². The molecule has 7 nitrogen and oxygen atoms in total. The van der Waals surface area contributed by atoms with E-state index in [9.17, 15) is 13.2 Å². The van der Waals surface area contributed by atoms with Crippen molar-refractivity contribution in [1.29, 1.82) is 0 Å². The Kier molecular flexibility index (Phi) is 4.68. The molecule has 25 heavy (non-hydrogen) atoms. The van der Waals surface area contributed by atoms with Gasteiger partial charge < -0.3 is 0 Å². The van der Waals surface area contributed by atoms with Gasteiger partial charge >= 0.3 is 0 Å². The number of benzene rings is 1. The Hall–Kier alpha value is -2.16. The van der Waals surface area contributed by atoms with E-state index < -0.39 is 10.0 Å². The van der Waals surface area contributed by atoms with E-state index >= 15 is 0 Å². The molecule has 1 aromatic carbocycles. The minimum atomic E-state index is -3.80.